The van der Waals surface area contributed by atoms with E-state index in [1.165, 1.54) is 0 Å². The van der Waals surface area contributed by atoms with Gasteiger partial charge in [-0.1, -0.05) is 0 Å². The van der Waals surface area contributed by atoms with Crippen molar-refractivity contribution in [1.82, 2.24) is 4.98 Å². The van der Waals surface area contributed by atoms with Crippen LogP contribution in [0.4, 0.5) is 0 Å². The van der Waals surface area contributed by atoms with Crippen LogP contribution in [0, 0.1) is 0 Å². The summed E-state index contributed by atoms with van der Waals surface area (Å²) in [6, 6.07) is 3.92. The monoisotopic (exact) mass is 200 g/mol. The first-order valence-corrected chi connectivity index (χ1v) is 3.86. The third-order valence-electron chi connectivity index (χ3n) is 1.28. The van der Waals surface area contributed by atoms with E-state index in [4.69, 9.17) is 5.73 Å². The van der Waals surface area contributed by atoms with Crippen molar-refractivity contribution in [3.8, 4) is 0 Å². The number of hydrogen-bond donors (Lipinski definition) is 1. The van der Waals surface area contributed by atoms with Crippen LogP contribution in [0.1, 0.15) is 18.5 Å². The lowest BCUT2D eigenvalue weighted by atomic mass is 10.1. The molecule has 1 atom stereocenters. The van der Waals surface area contributed by atoms with Gasteiger partial charge in [-0.3, -0.25) is 0 Å². The lowest BCUT2D eigenvalue weighted by Crippen LogP contribution is -2.04. The summed E-state index contributed by atoms with van der Waals surface area (Å²) in [5.74, 6) is 0. The van der Waals surface area contributed by atoms with Crippen LogP contribution < -0.4 is 5.73 Å². The number of rotatable bonds is 1. The fourth-order valence-electron chi connectivity index (χ4n) is 0.701. The Hall–Kier alpha value is -0.410. The van der Waals surface area contributed by atoms with Gasteiger partial charge in [-0.2, -0.15) is 0 Å². The first-order chi connectivity index (χ1) is 4.70. The number of halogens is 1. The van der Waals surface area contributed by atoms with Crippen molar-refractivity contribution in [3.63, 3.8) is 0 Å². The zero-order valence-electron chi connectivity index (χ0n) is 5.71. The SMILES string of the molecule is CC(N)c1ccnc(Br)c1. The van der Waals surface area contributed by atoms with Crippen molar-refractivity contribution in [3.05, 3.63) is 28.5 Å². The van der Waals surface area contributed by atoms with E-state index in [1.807, 2.05) is 19.1 Å². The van der Waals surface area contributed by atoms with E-state index >= 15 is 0 Å². The van der Waals surface area contributed by atoms with Crippen LogP contribution in [0.5, 0.6) is 0 Å². The maximum atomic E-state index is 5.63. The molecule has 1 unspecified atom stereocenters. The van der Waals surface area contributed by atoms with Crippen LogP contribution >= 0.6 is 15.9 Å². The van der Waals surface area contributed by atoms with Gasteiger partial charge >= 0.3 is 0 Å². The molecule has 1 aromatic heterocycles. The highest BCUT2D eigenvalue weighted by Crippen LogP contribution is 2.12. The molecule has 0 spiro atoms. The molecule has 0 saturated carbocycles. The summed E-state index contributed by atoms with van der Waals surface area (Å²) >= 11 is 3.26. The van der Waals surface area contributed by atoms with E-state index < -0.39 is 0 Å². The highest BCUT2D eigenvalue weighted by Gasteiger charge is 1.97. The Morgan fingerprint density at radius 2 is 2.40 bits per heavy atom. The van der Waals surface area contributed by atoms with E-state index in [9.17, 15) is 0 Å². The Morgan fingerprint density at radius 1 is 1.70 bits per heavy atom. The van der Waals surface area contributed by atoms with Crippen molar-refractivity contribution < 1.29 is 0 Å². The van der Waals surface area contributed by atoms with Gasteiger partial charge in [0.2, 0.25) is 0 Å². The number of hydrogen-bond acceptors (Lipinski definition) is 2. The molecule has 0 fully saturated rings. The molecule has 0 saturated heterocycles. The standard InChI is InChI=1S/C7H9BrN2/c1-5(9)6-2-3-10-7(8)4-6/h2-5H,9H2,1H3. The zero-order valence-corrected chi connectivity index (χ0v) is 7.30. The molecule has 1 aromatic rings. The molecule has 3 heteroatoms. The topological polar surface area (TPSA) is 38.9 Å². The number of pyridine rings is 1. The highest BCUT2D eigenvalue weighted by atomic mass is 79.9. The molecule has 54 valence electrons. The van der Waals surface area contributed by atoms with E-state index in [2.05, 4.69) is 20.9 Å². The largest absolute Gasteiger partial charge is 0.324 e. The Labute approximate surface area is 68.6 Å². The van der Waals surface area contributed by atoms with Gasteiger partial charge in [0.25, 0.3) is 0 Å². The summed E-state index contributed by atoms with van der Waals surface area (Å²) < 4.78 is 0.835. The van der Waals surface area contributed by atoms with Crippen molar-refractivity contribution in [2.24, 2.45) is 5.73 Å². The quantitative estimate of drug-likeness (QED) is 0.704. The van der Waals surface area contributed by atoms with Crippen LogP contribution in [0.2, 0.25) is 0 Å². The molecule has 1 heterocycles. The summed E-state index contributed by atoms with van der Waals surface area (Å²) in [5, 5.41) is 0. The van der Waals surface area contributed by atoms with Crippen LogP contribution in [0.15, 0.2) is 22.9 Å². The van der Waals surface area contributed by atoms with Gasteiger partial charge in [-0.25, -0.2) is 4.98 Å². The summed E-state index contributed by atoms with van der Waals surface area (Å²) in [4.78, 5) is 3.98. The predicted molar refractivity (Wildman–Crippen MR) is 44.5 cm³/mol. The van der Waals surface area contributed by atoms with Crippen molar-refractivity contribution in [2.75, 3.05) is 0 Å². The Morgan fingerprint density at radius 3 is 2.80 bits per heavy atom. The van der Waals surface area contributed by atoms with E-state index in [-0.39, 0.29) is 6.04 Å². The van der Waals surface area contributed by atoms with Gasteiger partial charge in [0.15, 0.2) is 0 Å². The minimum absolute atomic E-state index is 0.0827. The molecule has 0 aliphatic heterocycles. The highest BCUT2D eigenvalue weighted by molar-refractivity contribution is 9.10. The minimum Gasteiger partial charge on any atom is -0.324 e. The number of nitrogens with zero attached hydrogens (tertiary/aromatic N) is 1. The summed E-state index contributed by atoms with van der Waals surface area (Å²) in [6.45, 7) is 1.95. The normalized spacial score (nSPS) is 13.1. The average Bonchev–Trinajstić information content (AvgIpc) is 1.88. The van der Waals surface area contributed by atoms with Gasteiger partial charge in [0, 0.05) is 12.2 Å². The van der Waals surface area contributed by atoms with E-state index in [0.29, 0.717) is 0 Å². The Kier molecular flexibility index (Phi) is 2.40. The zero-order chi connectivity index (χ0) is 7.56. The lowest BCUT2D eigenvalue weighted by Gasteiger charge is -2.03. The first kappa shape index (κ1) is 7.69. The van der Waals surface area contributed by atoms with Gasteiger partial charge < -0.3 is 5.73 Å². The molecule has 0 aliphatic carbocycles. The van der Waals surface area contributed by atoms with Crippen molar-refractivity contribution in [2.45, 2.75) is 13.0 Å². The van der Waals surface area contributed by atoms with Gasteiger partial charge in [0.1, 0.15) is 4.60 Å². The molecular formula is C7H9BrN2. The van der Waals surface area contributed by atoms with Crippen LogP contribution in [0.3, 0.4) is 0 Å². The van der Waals surface area contributed by atoms with Gasteiger partial charge in [0.05, 0.1) is 0 Å². The molecule has 0 aromatic carbocycles. The summed E-state index contributed by atoms with van der Waals surface area (Å²) in [7, 11) is 0. The summed E-state index contributed by atoms with van der Waals surface area (Å²) in [5.41, 5.74) is 6.73. The smallest absolute Gasteiger partial charge is 0.106 e. The van der Waals surface area contributed by atoms with E-state index in [1.54, 1.807) is 6.20 Å². The van der Waals surface area contributed by atoms with Gasteiger partial charge in [-0.05, 0) is 40.5 Å². The maximum absolute atomic E-state index is 5.63. The van der Waals surface area contributed by atoms with Gasteiger partial charge in [-0.15, -0.1) is 0 Å². The molecule has 0 aliphatic rings. The third-order valence-corrected chi connectivity index (χ3v) is 1.71. The maximum Gasteiger partial charge on any atom is 0.106 e. The minimum atomic E-state index is 0.0827. The van der Waals surface area contributed by atoms with E-state index in [0.717, 1.165) is 10.2 Å². The number of aromatic nitrogens is 1. The molecule has 2 nitrogen and oxygen atoms in total. The Bertz CT molecular complexity index is 223. The molecule has 2 N–H and O–H groups in total. The molecule has 0 amide bonds. The third kappa shape index (κ3) is 1.78. The summed E-state index contributed by atoms with van der Waals surface area (Å²) in [6.07, 6.45) is 1.74. The average molecular weight is 201 g/mol. The second kappa shape index (κ2) is 3.12. The molecule has 10 heavy (non-hydrogen) atoms. The molecular weight excluding hydrogens is 192 g/mol. The first-order valence-electron chi connectivity index (χ1n) is 3.07. The number of nitrogens with two attached hydrogens (primary N) is 1. The second-order valence-corrected chi connectivity index (χ2v) is 3.01. The van der Waals surface area contributed by atoms with Crippen LogP contribution in [-0.4, -0.2) is 4.98 Å². The lowest BCUT2D eigenvalue weighted by molar-refractivity contribution is 0.814. The fourth-order valence-corrected chi connectivity index (χ4v) is 1.08. The molecule has 1 rings (SSSR count). The molecule has 0 bridgehead atoms. The van der Waals surface area contributed by atoms with Crippen LogP contribution in [0.25, 0.3) is 0 Å². The van der Waals surface area contributed by atoms with Crippen LogP contribution in [-0.2, 0) is 0 Å². The van der Waals surface area contributed by atoms with Crippen molar-refractivity contribution >= 4 is 15.9 Å². The fraction of sp³-hybridized carbons (Fsp3) is 0.286. The second-order valence-electron chi connectivity index (χ2n) is 2.20. The predicted octanol–water partition coefficient (Wildman–Crippen LogP) is 1.86. The molecule has 0 radical (unpaired) electrons. The Balaban J connectivity index is 2.96. The van der Waals surface area contributed by atoms with Crippen molar-refractivity contribution in [1.29, 1.82) is 0 Å².